The molecule has 1 heterocycles. The Morgan fingerprint density at radius 3 is 2.16 bits per heavy atom. The molecule has 0 spiro atoms. The Balaban J connectivity index is 1.71. The lowest BCUT2D eigenvalue weighted by Crippen LogP contribution is -2.34. The van der Waals surface area contributed by atoms with Crippen LogP contribution < -0.4 is 5.32 Å². The molecule has 5 nitrogen and oxygen atoms in total. The van der Waals surface area contributed by atoms with Gasteiger partial charge in [-0.25, -0.2) is 0 Å². The molecule has 128 valence electrons. The van der Waals surface area contributed by atoms with Crippen LogP contribution >= 0.6 is 11.8 Å². The van der Waals surface area contributed by atoms with Crippen LogP contribution in [0.1, 0.15) is 0 Å². The van der Waals surface area contributed by atoms with E-state index >= 15 is 0 Å². The number of β-amino-alcohol motifs (C(OH)–C–C–N with tert-alkyl or cyclic N) is 1. The number of hydrogen-bond donors (Lipinski definition) is 2. The molecule has 3 rings (SSSR count). The van der Waals surface area contributed by atoms with E-state index < -0.39 is 11.8 Å². The second-order valence-electron chi connectivity index (χ2n) is 5.51. The van der Waals surface area contributed by atoms with Gasteiger partial charge in [-0.2, -0.15) is 0 Å². The minimum atomic E-state index is -0.421. The van der Waals surface area contributed by atoms with E-state index in [4.69, 9.17) is 5.11 Å². The molecule has 1 aliphatic heterocycles. The van der Waals surface area contributed by atoms with E-state index in [9.17, 15) is 9.59 Å². The van der Waals surface area contributed by atoms with E-state index in [0.717, 1.165) is 21.7 Å². The zero-order chi connectivity index (χ0) is 17.8. The third kappa shape index (κ3) is 3.75. The maximum absolute atomic E-state index is 12.1. The van der Waals surface area contributed by atoms with Crippen LogP contribution in [0.25, 0.3) is 11.1 Å². The van der Waals surface area contributed by atoms with Crippen molar-refractivity contribution in [2.75, 3.05) is 24.7 Å². The van der Waals surface area contributed by atoms with Gasteiger partial charge in [0, 0.05) is 16.7 Å². The van der Waals surface area contributed by atoms with Crippen molar-refractivity contribution in [1.82, 2.24) is 4.90 Å². The van der Waals surface area contributed by atoms with Crippen LogP contribution in [-0.2, 0) is 9.59 Å². The van der Waals surface area contributed by atoms with Crippen molar-refractivity contribution >= 4 is 29.3 Å². The fraction of sp³-hybridized carbons (Fsp3) is 0.158. The minimum absolute atomic E-state index is 0.00429. The molecule has 25 heavy (non-hydrogen) atoms. The molecule has 0 fully saturated rings. The van der Waals surface area contributed by atoms with E-state index in [-0.39, 0.29) is 18.8 Å². The SMILES string of the molecule is CSc1ccc(-c2ccc(NC3=CC(=O)N(CCO)C3=O)cc2)cc1. The number of carbonyl (C=O) groups excluding carboxylic acids is 2. The van der Waals surface area contributed by atoms with Gasteiger partial charge < -0.3 is 10.4 Å². The Bertz CT molecular complexity index is 814. The average molecular weight is 354 g/mol. The first-order valence-electron chi connectivity index (χ1n) is 7.82. The summed E-state index contributed by atoms with van der Waals surface area (Å²) in [5, 5.41) is 11.9. The minimum Gasteiger partial charge on any atom is -0.395 e. The van der Waals surface area contributed by atoms with Gasteiger partial charge in [-0.1, -0.05) is 24.3 Å². The monoisotopic (exact) mass is 354 g/mol. The summed E-state index contributed by atoms with van der Waals surface area (Å²) in [5.74, 6) is -0.831. The smallest absolute Gasteiger partial charge is 0.277 e. The summed E-state index contributed by atoms with van der Waals surface area (Å²) in [5.41, 5.74) is 3.13. The lowest BCUT2D eigenvalue weighted by Gasteiger charge is -2.13. The summed E-state index contributed by atoms with van der Waals surface area (Å²) >= 11 is 1.70. The molecule has 6 heteroatoms. The summed E-state index contributed by atoms with van der Waals surface area (Å²) in [4.78, 5) is 26.1. The van der Waals surface area contributed by atoms with Crippen LogP contribution in [0.4, 0.5) is 5.69 Å². The number of thioether (sulfide) groups is 1. The predicted molar refractivity (Wildman–Crippen MR) is 99.2 cm³/mol. The van der Waals surface area contributed by atoms with E-state index in [1.54, 1.807) is 11.8 Å². The van der Waals surface area contributed by atoms with Gasteiger partial charge >= 0.3 is 0 Å². The zero-order valence-corrected chi connectivity index (χ0v) is 14.5. The third-order valence-corrected chi connectivity index (χ3v) is 4.66. The van der Waals surface area contributed by atoms with Crippen molar-refractivity contribution in [2.24, 2.45) is 0 Å². The number of benzene rings is 2. The number of nitrogens with one attached hydrogen (secondary N) is 1. The summed E-state index contributed by atoms with van der Waals surface area (Å²) < 4.78 is 0. The molecule has 0 saturated carbocycles. The summed E-state index contributed by atoms with van der Waals surface area (Å²) in [6, 6.07) is 16.0. The zero-order valence-electron chi connectivity index (χ0n) is 13.7. The lowest BCUT2D eigenvalue weighted by atomic mass is 10.1. The van der Waals surface area contributed by atoms with Crippen LogP contribution in [-0.4, -0.2) is 41.2 Å². The van der Waals surface area contributed by atoms with Crippen molar-refractivity contribution in [3.63, 3.8) is 0 Å². The Kier molecular flexibility index (Phi) is 5.21. The van der Waals surface area contributed by atoms with E-state index in [1.165, 1.54) is 11.0 Å². The summed E-state index contributed by atoms with van der Waals surface area (Å²) in [7, 11) is 0. The van der Waals surface area contributed by atoms with Crippen LogP contribution in [0.3, 0.4) is 0 Å². The molecule has 0 radical (unpaired) electrons. The second kappa shape index (κ2) is 7.55. The first-order valence-corrected chi connectivity index (χ1v) is 9.05. The largest absolute Gasteiger partial charge is 0.395 e. The van der Waals surface area contributed by atoms with Crippen LogP contribution in [0, 0.1) is 0 Å². The van der Waals surface area contributed by atoms with Gasteiger partial charge in [0.2, 0.25) is 0 Å². The van der Waals surface area contributed by atoms with Gasteiger partial charge in [0.25, 0.3) is 11.8 Å². The molecule has 0 bridgehead atoms. The van der Waals surface area contributed by atoms with Crippen LogP contribution in [0.2, 0.25) is 0 Å². The van der Waals surface area contributed by atoms with Crippen molar-refractivity contribution < 1.29 is 14.7 Å². The normalized spacial score (nSPS) is 14.0. The number of imide groups is 1. The highest BCUT2D eigenvalue weighted by Crippen LogP contribution is 2.25. The van der Waals surface area contributed by atoms with Crippen LogP contribution in [0.5, 0.6) is 0 Å². The molecule has 1 aliphatic rings. The highest BCUT2D eigenvalue weighted by Gasteiger charge is 2.30. The molecule has 2 aromatic rings. The molecule has 0 aliphatic carbocycles. The number of aliphatic hydroxyl groups is 1. The number of rotatable bonds is 6. The maximum Gasteiger partial charge on any atom is 0.277 e. The van der Waals surface area contributed by atoms with E-state index in [0.29, 0.717) is 0 Å². The Morgan fingerprint density at radius 1 is 1.00 bits per heavy atom. The first-order chi connectivity index (χ1) is 12.1. The van der Waals surface area contributed by atoms with Crippen molar-refractivity contribution in [3.8, 4) is 11.1 Å². The van der Waals surface area contributed by atoms with Gasteiger partial charge in [0.15, 0.2) is 0 Å². The molecule has 0 aromatic heterocycles. The fourth-order valence-corrected chi connectivity index (χ4v) is 3.00. The van der Waals surface area contributed by atoms with E-state index in [1.807, 2.05) is 30.5 Å². The quantitative estimate of drug-likeness (QED) is 0.617. The highest BCUT2D eigenvalue weighted by molar-refractivity contribution is 7.98. The van der Waals surface area contributed by atoms with Gasteiger partial charge in [0.1, 0.15) is 5.70 Å². The fourth-order valence-electron chi connectivity index (χ4n) is 2.59. The van der Waals surface area contributed by atoms with Crippen molar-refractivity contribution in [2.45, 2.75) is 4.90 Å². The number of aliphatic hydroxyl groups excluding tert-OH is 1. The maximum atomic E-state index is 12.1. The Labute approximate surface area is 150 Å². The number of hydrogen-bond acceptors (Lipinski definition) is 5. The molecule has 2 N–H and O–H groups in total. The Morgan fingerprint density at radius 2 is 1.60 bits per heavy atom. The highest BCUT2D eigenvalue weighted by atomic mass is 32.2. The second-order valence-corrected chi connectivity index (χ2v) is 6.39. The molecule has 0 saturated heterocycles. The van der Waals surface area contributed by atoms with Crippen molar-refractivity contribution in [3.05, 3.63) is 60.3 Å². The first kappa shape index (κ1) is 17.3. The molecule has 2 amide bonds. The molecule has 2 aromatic carbocycles. The number of nitrogens with zero attached hydrogens (tertiary/aromatic N) is 1. The molecule has 0 unspecified atom stereocenters. The predicted octanol–water partition coefficient (Wildman–Crippen LogP) is 2.73. The number of carbonyl (C=O) groups is 2. The van der Waals surface area contributed by atoms with Crippen molar-refractivity contribution in [1.29, 1.82) is 0 Å². The van der Waals surface area contributed by atoms with Crippen LogP contribution in [0.15, 0.2) is 65.2 Å². The molecular formula is C19H18N2O3S. The third-order valence-electron chi connectivity index (χ3n) is 3.92. The topological polar surface area (TPSA) is 69.6 Å². The summed E-state index contributed by atoms with van der Waals surface area (Å²) in [6.45, 7) is -0.243. The lowest BCUT2D eigenvalue weighted by molar-refractivity contribution is -0.137. The Hall–Kier alpha value is -2.57. The number of anilines is 1. The van der Waals surface area contributed by atoms with Gasteiger partial charge in [-0.3, -0.25) is 14.5 Å². The van der Waals surface area contributed by atoms with Gasteiger partial charge in [-0.15, -0.1) is 11.8 Å². The summed E-state index contributed by atoms with van der Waals surface area (Å²) in [6.07, 6.45) is 3.30. The molecular weight excluding hydrogens is 336 g/mol. The molecule has 0 atom stereocenters. The van der Waals surface area contributed by atoms with Gasteiger partial charge in [-0.05, 0) is 41.6 Å². The average Bonchev–Trinajstić information content (AvgIpc) is 2.90. The standard InChI is InChI=1S/C19H18N2O3S/c1-25-16-8-4-14(5-9-16)13-2-6-15(7-3-13)20-17-12-18(23)21(10-11-22)19(17)24/h2-9,12,20,22H,10-11H2,1H3. The van der Waals surface area contributed by atoms with Gasteiger partial charge in [0.05, 0.1) is 13.2 Å². The number of amides is 2. The van der Waals surface area contributed by atoms with E-state index in [2.05, 4.69) is 29.6 Å².